The number of ketones is 1. The van der Waals surface area contributed by atoms with Crippen LogP contribution >= 0.6 is 27.3 Å². The summed E-state index contributed by atoms with van der Waals surface area (Å²) in [5, 5.41) is 1.57. The fraction of sp³-hybridized carbons (Fsp3) is 0.0833. The van der Waals surface area contributed by atoms with Crippen LogP contribution in [0.4, 0.5) is 13.2 Å². The van der Waals surface area contributed by atoms with Crippen molar-refractivity contribution in [3.05, 3.63) is 50.6 Å². The summed E-state index contributed by atoms with van der Waals surface area (Å²) in [6.45, 7) is 0. The fourth-order valence-corrected chi connectivity index (χ4v) is 2.59. The van der Waals surface area contributed by atoms with Crippen molar-refractivity contribution in [1.29, 1.82) is 0 Å². The normalized spacial score (nSPS) is 11.4. The summed E-state index contributed by atoms with van der Waals surface area (Å²) < 4.78 is 41.3. The molecule has 0 N–H and O–H groups in total. The number of ether oxygens (including phenoxy) is 1. The molecule has 19 heavy (non-hydrogen) atoms. The third-order valence-corrected chi connectivity index (χ3v) is 3.69. The van der Waals surface area contributed by atoms with Crippen LogP contribution in [0.3, 0.4) is 0 Å². The zero-order chi connectivity index (χ0) is 14.0. The van der Waals surface area contributed by atoms with Gasteiger partial charge in [-0.15, -0.1) is 24.5 Å². The van der Waals surface area contributed by atoms with E-state index in [-0.39, 0.29) is 5.56 Å². The molecule has 0 saturated heterocycles. The SMILES string of the molecule is O=C(c1csc(Br)c1)c1ccccc1OC(F)(F)F. The molecule has 0 unspecified atom stereocenters. The maximum Gasteiger partial charge on any atom is 0.573 e. The lowest BCUT2D eigenvalue weighted by Gasteiger charge is -2.11. The molecule has 1 aromatic heterocycles. The summed E-state index contributed by atoms with van der Waals surface area (Å²) in [7, 11) is 0. The fourth-order valence-electron chi connectivity index (χ4n) is 1.45. The number of halogens is 4. The predicted octanol–water partition coefficient (Wildman–Crippen LogP) is 4.64. The van der Waals surface area contributed by atoms with Crippen molar-refractivity contribution in [3.63, 3.8) is 0 Å². The number of thiophene rings is 1. The smallest absolute Gasteiger partial charge is 0.405 e. The van der Waals surface area contributed by atoms with E-state index < -0.39 is 17.9 Å². The highest BCUT2D eigenvalue weighted by Gasteiger charge is 2.33. The molecule has 7 heteroatoms. The highest BCUT2D eigenvalue weighted by molar-refractivity contribution is 9.11. The van der Waals surface area contributed by atoms with E-state index in [1.165, 1.54) is 29.5 Å². The van der Waals surface area contributed by atoms with Gasteiger partial charge in [0.05, 0.1) is 9.35 Å². The van der Waals surface area contributed by atoms with Gasteiger partial charge in [0.25, 0.3) is 0 Å². The molecule has 0 atom stereocenters. The van der Waals surface area contributed by atoms with Crippen molar-refractivity contribution in [1.82, 2.24) is 0 Å². The van der Waals surface area contributed by atoms with Gasteiger partial charge in [0, 0.05) is 10.9 Å². The van der Waals surface area contributed by atoms with E-state index in [0.29, 0.717) is 5.56 Å². The number of carbonyl (C=O) groups excluding carboxylic acids is 1. The average molecular weight is 351 g/mol. The second kappa shape index (κ2) is 5.34. The standard InChI is InChI=1S/C12H6BrF3O2S/c13-10-5-7(6-19-10)11(17)8-3-1-2-4-9(8)18-12(14,15)16/h1-6H. The molecule has 0 aliphatic heterocycles. The molecule has 2 nitrogen and oxygen atoms in total. The Labute approximate surface area is 118 Å². The summed E-state index contributed by atoms with van der Waals surface area (Å²) in [6, 6.07) is 6.83. The van der Waals surface area contributed by atoms with Crippen LogP contribution in [0.2, 0.25) is 0 Å². The first-order valence-electron chi connectivity index (χ1n) is 5.00. The average Bonchev–Trinajstić information content (AvgIpc) is 2.74. The molecular weight excluding hydrogens is 345 g/mol. The highest BCUT2D eigenvalue weighted by Crippen LogP contribution is 2.29. The molecule has 0 bridgehead atoms. The Balaban J connectivity index is 2.37. The number of hydrogen-bond donors (Lipinski definition) is 0. The lowest BCUT2D eigenvalue weighted by molar-refractivity contribution is -0.274. The second-order valence-electron chi connectivity index (χ2n) is 3.51. The van der Waals surface area contributed by atoms with Gasteiger partial charge < -0.3 is 4.74 Å². The van der Waals surface area contributed by atoms with Crippen LogP contribution in [0.15, 0.2) is 39.5 Å². The molecule has 0 aliphatic rings. The summed E-state index contributed by atoms with van der Waals surface area (Å²) >= 11 is 4.47. The van der Waals surface area contributed by atoms with Crippen molar-refractivity contribution in [2.24, 2.45) is 0 Å². The minimum absolute atomic E-state index is 0.120. The van der Waals surface area contributed by atoms with Gasteiger partial charge in [-0.1, -0.05) is 12.1 Å². The lowest BCUT2D eigenvalue weighted by atomic mass is 10.1. The first kappa shape index (κ1) is 14.1. The Hall–Kier alpha value is -1.34. The Morgan fingerprint density at radius 2 is 1.95 bits per heavy atom. The summed E-state index contributed by atoms with van der Waals surface area (Å²) in [4.78, 5) is 12.1. The Morgan fingerprint density at radius 3 is 2.53 bits per heavy atom. The first-order valence-corrected chi connectivity index (χ1v) is 6.67. The van der Waals surface area contributed by atoms with Crippen LogP contribution in [0.5, 0.6) is 5.75 Å². The lowest BCUT2D eigenvalue weighted by Crippen LogP contribution is -2.19. The van der Waals surface area contributed by atoms with E-state index in [1.54, 1.807) is 11.4 Å². The maximum atomic E-state index is 12.3. The van der Waals surface area contributed by atoms with Crippen LogP contribution in [0.1, 0.15) is 15.9 Å². The number of rotatable bonds is 3. The largest absolute Gasteiger partial charge is 0.573 e. The topological polar surface area (TPSA) is 26.3 Å². The third kappa shape index (κ3) is 3.57. The molecule has 0 aliphatic carbocycles. The zero-order valence-corrected chi connectivity index (χ0v) is 11.6. The van der Waals surface area contributed by atoms with Gasteiger partial charge in [0.2, 0.25) is 0 Å². The van der Waals surface area contributed by atoms with E-state index >= 15 is 0 Å². The first-order chi connectivity index (χ1) is 8.87. The van der Waals surface area contributed by atoms with Crippen LogP contribution in [-0.4, -0.2) is 12.1 Å². The molecule has 1 heterocycles. The molecule has 2 aromatic rings. The molecule has 1 aromatic carbocycles. The Bertz CT molecular complexity index is 607. The van der Waals surface area contributed by atoms with Gasteiger partial charge in [-0.3, -0.25) is 4.79 Å². The van der Waals surface area contributed by atoms with Crippen LogP contribution in [0, 0.1) is 0 Å². The number of hydrogen-bond acceptors (Lipinski definition) is 3. The Morgan fingerprint density at radius 1 is 1.26 bits per heavy atom. The summed E-state index contributed by atoms with van der Waals surface area (Å²) in [5.74, 6) is -1.01. The molecule has 2 rings (SSSR count). The number of para-hydroxylation sites is 1. The molecule has 0 fully saturated rings. The van der Waals surface area contributed by atoms with E-state index in [0.717, 1.165) is 9.85 Å². The predicted molar refractivity (Wildman–Crippen MR) is 68.6 cm³/mol. The minimum Gasteiger partial charge on any atom is -0.405 e. The van der Waals surface area contributed by atoms with Crippen molar-refractivity contribution < 1.29 is 22.7 Å². The van der Waals surface area contributed by atoms with Crippen molar-refractivity contribution in [2.45, 2.75) is 6.36 Å². The number of alkyl halides is 3. The highest BCUT2D eigenvalue weighted by atomic mass is 79.9. The second-order valence-corrected chi connectivity index (χ2v) is 5.80. The quantitative estimate of drug-likeness (QED) is 0.753. The van der Waals surface area contributed by atoms with Crippen LogP contribution < -0.4 is 4.74 Å². The summed E-state index contributed by atoms with van der Waals surface area (Å²) in [6.07, 6.45) is -4.83. The van der Waals surface area contributed by atoms with Gasteiger partial charge in [0.15, 0.2) is 5.78 Å². The minimum atomic E-state index is -4.83. The van der Waals surface area contributed by atoms with Crippen molar-refractivity contribution >= 4 is 33.0 Å². The van der Waals surface area contributed by atoms with Gasteiger partial charge in [0.1, 0.15) is 5.75 Å². The van der Waals surface area contributed by atoms with E-state index in [1.807, 2.05) is 0 Å². The zero-order valence-electron chi connectivity index (χ0n) is 9.20. The number of carbonyl (C=O) groups is 1. The van der Waals surface area contributed by atoms with Gasteiger partial charge >= 0.3 is 6.36 Å². The van der Waals surface area contributed by atoms with E-state index in [2.05, 4.69) is 20.7 Å². The molecular formula is C12H6BrF3O2S. The van der Waals surface area contributed by atoms with Gasteiger partial charge in [-0.2, -0.15) is 0 Å². The molecule has 0 radical (unpaired) electrons. The maximum absolute atomic E-state index is 12.3. The Kier molecular flexibility index (Phi) is 3.96. The van der Waals surface area contributed by atoms with Crippen LogP contribution in [-0.2, 0) is 0 Å². The van der Waals surface area contributed by atoms with Gasteiger partial charge in [-0.25, -0.2) is 0 Å². The van der Waals surface area contributed by atoms with E-state index in [4.69, 9.17) is 0 Å². The van der Waals surface area contributed by atoms with E-state index in [9.17, 15) is 18.0 Å². The monoisotopic (exact) mass is 350 g/mol. The molecule has 100 valence electrons. The molecule has 0 spiro atoms. The van der Waals surface area contributed by atoms with Gasteiger partial charge in [-0.05, 0) is 34.1 Å². The molecule has 0 amide bonds. The van der Waals surface area contributed by atoms with Crippen molar-refractivity contribution in [3.8, 4) is 5.75 Å². The summed E-state index contributed by atoms with van der Waals surface area (Å²) in [5.41, 5.74) is 0.195. The number of benzene rings is 1. The molecule has 0 saturated carbocycles. The van der Waals surface area contributed by atoms with Crippen LogP contribution in [0.25, 0.3) is 0 Å². The van der Waals surface area contributed by atoms with Crippen molar-refractivity contribution in [2.75, 3.05) is 0 Å². The third-order valence-electron chi connectivity index (χ3n) is 2.19.